The number of nitrogens with zero attached hydrogens (tertiary/aromatic N) is 1. The number of hydrogen-bond donors (Lipinski definition) is 1. The fraction of sp³-hybridized carbons (Fsp3) is 0.278. The van der Waals surface area contributed by atoms with E-state index in [9.17, 15) is 14.9 Å². The van der Waals surface area contributed by atoms with Crippen LogP contribution in [0.4, 0.5) is 16.2 Å². The summed E-state index contributed by atoms with van der Waals surface area (Å²) in [6.07, 6.45) is -0.727. The second-order valence-electron chi connectivity index (χ2n) is 6.44. The molecule has 0 aliphatic carbocycles. The van der Waals surface area contributed by atoms with E-state index in [1.807, 2.05) is 30.3 Å². The van der Waals surface area contributed by atoms with E-state index in [0.29, 0.717) is 5.56 Å². The zero-order valence-corrected chi connectivity index (χ0v) is 14.1. The summed E-state index contributed by atoms with van der Waals surface area (Å²) in [6.45, 7) is 6.83. The van der Waals surface area contributed by atoms with Crippen LogP contribution in [0, 0.1) is 17.0 Å². The molecule has 0 heterocycles. The molecule has 0 atom stereocenters. The van der Waals surface area contributed by atoms with Gasteiger partial charge in [0.25, 0.3) is 5.69 Å². The third-order valence-electron chi connectivity index (χ3n) is 3.23. The van der Waals surface area contributed by atoms with Gasteiger partial charge in [-0.3, -0.25) is 15.4 Å². The number of carbonyl (C=O) groups excluding carboxylic acids is 1. The van der Waals surface area contributed by atoms with Crippen molar-refractivity contribution in [2.24, 2.45) is 0 Å². The van der Waals surface area contributed by atoms with Gasteiger partial charge in [-0.2, -0.15) is 0 Å². The van der Waals surface area contributed by atoms with Crippen molar-refractivity contribution in [3.63, 3.8) is 0 Å². The summed E-state index contributed by atoms with van der Waals surface area (Å²) in [7, 11) is 0. The average molecular weight is 328 g/mol. The van der Waals surface area contributed by atoms with Crippen molar-refractivity contribution in [3.8, 4) is 11.1 Å². The molecule has 0 radical (unpaired) electrons. The molecule has 0 aromatic heterocycles. The van der Waals surface area contributed by atoms with Crippen molar-refractivity contribution in [1.82, 2.24) is 0 Å². The van der Waals surface area contributed by atoms with Gasteiger partial charge < -0.3 is 4.74 Å². The lowest BCUT2D eigenvalue weighted by Crippen LogP contribution is -2.27. The van der Waals surface area contributed by atoms with Crippen LogP contribution in [0.5, 0.6) is 0 Å². The highest BCUT2D eigenvalue weighted by molar-refractivity contribution is 5.90. The maximum Gasteiger partial charge on any atom is 0.412 e. The van der Waals surface area contributed by atoms with E-state index in [-0.39, 0.29) is 11.4 Å². The molecule has 24 heavy (non-hydrogen) atoms. The zero-order valence-electron chi connectivity index (χ0n) is 14.1. The van der Waals surface area contributed by atoms with Crippen molar-refractivity contribution in [1.29, 1.82) is 0 Å². The van der Waals surface area contributed by atoms with Crippen LogP contribution < -0.4 is 5.32 Å². The summed E-state index contributed by atoms with van der Waals surface area (Å²) in [5.41, 5.74) is 1.44. The van der Waals surface area contributed by atoms with E-state index in [2.05, 4.69) is 5.32 Å². The molecule has 6 heteroatoms. The number of ether oxygens (including phenoxy) is 1. The lowest BCUT2D eigenvalue weighted by molar-refractivity contribution is -0.384. The fourth-order valence-corrected chi connectivity index (χ4v) is 2.33. The van der Waals surface area contributed by atoms with Crippen LogP contribution in [0.2, 0.25) is 0 Å². The fourth-order valence-electron chi connectivity index (χ4n) is 2.33. The molecule has 0 fully saturated rings. The van der Waals surface area contributed by atoms with Crippen LogP contribution in [0.1, 0.15) is 26.3 Å². The largest absolute Gasteiger partial charge is 0.444 e. The first-order valence-corrected chi connectivity index (χ1v) is 7.52. The lowest BCUT2D eigenvalue weighted by Gasteiger charge is -2.20. The molecule has 0 unspecified atom stereocenters. The number of hydrogen-bond acceptors (Lipinski definition) is 4. The van der Waals surface area contributed by atoms with Gasteiger partial charge in [0, 0.05) is 5.56 Å². The van der Waals surface area contributed by atoms with E-state index in [0.717, 1.165) is 11.1 Å². The van der Waals surface area contributed by atoms with Gasteiger partial charge in [0.05, 0.1) is 4.92 Å². The number of nitro benzene ring substituents is 1. The summed E-state index contributed by atoms with van der Waals surface area (Å²) in [5.74, 6) is 0. The zero-order chi connectivity index (χ0) is 17.9. The molecule has 2 aromatic carbocycles. The quantitative estimate of drug-likeness (QED) is 0.640. The van der Waals surface area contributed by atoms with Crippen LogP contribution in [0.3, 0.4) is 0 Å². The second-order valence-corrected chi connectivity index (χ2v) is 6.44. The molecular weight excluding hydrogens is 308 g/mol. The molecule has 2 rings (SSSR count). The predicted molar refractivity (Wildman–Crippen MR) is 93.1 cm³/mol. The number of nitrogens with one attached hydrogen (secondary N) is 1. The minimum absolute atomic E-state index is 0.119. The Kier molecular flexibility index (Phi) is 4.87. The standard InChI is InChI=1S/C18H20N2O4/c1-12-10-14(13-8-6-5-7-9-13)11-15(16(12)20(22)23)19-17(21)24-18(2,3)4/h5-11H,1-4H3,(H,19,21). The number of benzene rings is 2. The first-order valence-electron chi connectivity index (χ1n) is 7.52. The molecule has 6 nitrogen and oxygen atoms in total. The molecule has 0 saturated heterocycles. The molecule has 0 aliphatic rings. The topological polar surface area (TPSA) is 81.5 Å². The monoisotopic (exact) mass is 328 g/mol. The number of anilines is 1. The van der Waals surface area contributed by atoms with E-state index >= 15 is 0 Å². The SMILES string of the molecule is Cc1cc(-c2ccccc2)cc(NC(=O)OC(C)(C)C)c1[N+](=O)[O-]. The normalized spacial score (nSPS) is 11.0. The van der Waals surface area contributed by atoms with Gasteiger partial charge in [0.2, 0.25) is 0 Å². The van der Waals surface area contributed by atoms with E-state index < -0.39 is 16.6 Å². The Hall–Kier alpha value is -2.89. The average Bonchev–Trinajstić information content (AvgIpc) is 2.45. The third kappa shape index (κ3) is 4.32. The molecule has 0 aliphatic heterocycles. The Balaban J connectivity index is 2.45. The number of nitro groups is 1. The first-order chi connectivity index (χ1) is 11.2. The van der Waals surface area contributed by atoms with Gasteiger partial charge in [-0.1, -0.05) is 30.3 Å². The maximum absolute atomic E-state index is 12.0. The predicted octanol–water partition coefficient (Wildman–Crippen LogP) is 4.92. The Bertz CT molecular complexity index is 765. The Morgan fingerprint density at radius 3 is 2.29 bits per heavy atom. The molecule has 126 valence electrons. The summed E-state index contributed by atoms with van der Waals surface area (Å²) in [5, 5.41) is 13.9. The minimum atomic E-state index is -0.727. The van der Waals surface area contributed by atoms with Crippen molar-refractivity contribution < 1.29 is 14.5 Å². The van der Waals surface area contributed by atoms with Gasteiger partial charge in [0.1, 0.15) is 11.3 Å². The molecule has 0 saturated carbocycles. The van der Waals surface area contributed by atoms with Crippen LogP contribution in [0.15, 0.2) is 42.5 Å². The smallest absolute Gasteiger partial charge is 0.412 e. The lowest BCUT2D eigenvalue weighted by atomic mass is 10.0. The molecule has 1 N–H and O–H groups in total. The van der Waals surface area contributed by atoms with E-state index in [1.54, 1.807) is 39.8 Å². The molecule has 2 aromatic rings. The van der Waals surface area contributed by atoms with Crippen molar-refractivity contribution in [2.75, 3.05) is 5.32 Å². The van der Waals surface area contributed by atoms with Gasteiger partial charge in [0.15, 0.2) is 0 Å². The maximum atomic E-state index is 12.0. The Morgan fingerprint density at radius 1 is 1.12 bits per heavy atom. The van der Waals surface area contributed by atoms with Crippen molar-refractivity contribution in [2.45, 2.75) is 33.3 Å². The highest BCUT2D eigenvalue weighted by atomic mass is 16.6. The highest BCUT2D eigenvalue weighted by Crippen LogP contribution is 2.34. The Labute approximate surface area is 140 Å². The molecular formula is C18H20N2O4. The summed E-state index contributed by atoms with van der Waals surface area (Å²) in [6, 6.07) is 12.8. The molecule has 0 spiro atoms. The Morgan fingerprint density at radius 2 is 1.75 bits per heavy atom. The van der Waals surface area contributed by atoms with Gasteiger partial charge in [-0.15, -0.1) is 0 Å². The van der Waals surface area contributed by atoms with Crippen LogP contribution >= 0.6 is 0 Å². The highest BCUT2D eigenvalue weighted by Gasteiger charge is 2.23. The van der Waals surface area contributed by atoms with Crippen LogP contribution in [-0.4, -0.2) is 16.6 Å². The van der Waals surface area contributed by atoms with Gasteiger partial charge in [-0.05, 0) is 51.0 Å². The van der Waals surface area contributed by atoms with E-state index in [4.69, 9.17) is 4.74 Å². The second kappa shape index (κ2) is 6.70. The first kappa shape index (κ1) is 17.5. The summed E-state index contributed by atoms with van der Waals surface area (Å²) >= 11 is 0. The third-order valence-corrected chi connectivity index (χ3v) is 3.23. The molecule has 1 amide bonds. The van der Waals surface area contributed by atoms with Crippen LogP contribution in [-0.2, 0) is 4.74 Å². The van der Waals surface area contributed by atoms with Crippen molar-refractivity contribution in [3.05, 3.63) is 58.1 Å². The minimum Gasteiger partial charge on any atom is -0.444 e. The van der Waals surface area contributed by atoms with Gasteiger partial charge in [-0.25, -0.2) is 4.79 Å². The molecule has 0 bridgehead atoms. The number of carbonyl (C=O) groups is 1. The number of aryl methyl sites for hydroxylation is 1. The van der Waals surface area contributed by atoms with Crippen molar-refractivity contribution >= 4 is 17.5 Å². The van der Waals surface area contributed by atoms with E-state index in [1.165, 1.54) is 0 Å². The van der Waals surface area contributed by atoms with Gasteiger partial charge >= 0.3 is 6.09 Å². The summed E-state index contributed by atoms with van der Waals surface area (Å²) < 4.78 is 5.19. The van der Waals surface area contributed by atoms with Crippen LogP contribution in [0.25, 0.3) is 11.1 Å². The number of amides is 1. The number of rotatable bonds is 3. The summed E-state index contributed by atoms with van der Waals surface area (Å²) in [4.78, 5) is 22.9.